The Bertz CT molecular complexity index is 3020. The maximum Gasteiger partial charge on any atom is 0.147 e. The second-order valence-corrected chi connectivity index (χ2v) is 61.3. The zero-order chi connectivity index (χ0) is 109. The van der Waals surface area contributed by atoms with Gasteiger partial charge in [0.05, 0.1) is 26.4 Å². The molecule has 0 amide bonds. The molecule has 0 aromatic rings. The van der Waals surface area contributed by atoms with E-state index in [1.165, 1.54) is 189 Å². The van der Waals surface area contributed by atoms with Gasteiger partial charge in [0.1, 0.15) is 60.5 Å². The molecule has 0 N–H and O–H groups in total. The summed E-state index contributed by atoms with van der Waals surface area (Å²) < 4.78 is 24.0. The molecule has 0 spiro atoms. The number of hydrogen-bond acceptors (Lipinski definition) is 30. The largest absolute Gasteiger partial charge is 0.378 e. The van der Waals surface area contributed by atoms with E-state index < -0.39 is 0 Å². The Kier molecular flexibility index (Phi) is 108. The highest BCUT2D eigenvalue weighted by Gasteiger charge is 2.26. The minimum atomic E-state index is 0.609. The zero-order valence-electron chi connectivity index (χ0n) is 92.8. The Morgan fingerprint density at radius 1 is 0.201 bits per heavy atom. The first-order chi connectivity index (χ1) is 68.8. The monoisotopic (exact) mass is 2520 g/mol. The predicted octanol–water partition coefficient (Wildman–Crippen LogP) is 34.0. The van der Waals surface area contributed by atoms with Crippen LogP contribution in [-0.2, 0) is 9.47 Å². The van der Waals surface area contributed by atoms with Gasteiger partial charge in [-0.3, -0.25) is 0 Å². The molecular weight excluding hydrogens is 2330 g/mol. The number of hydrogen-bond donors (Lipinski definition) is 0. The molecule has 0 aromatic carbocycles. The molecule has 4 heterocycles. The van der Waals surface area contributed by atoms with Crippen LogP contribution in [0.3, 0.4) is 0 Å². The molecule has 0 radical (unpaired) electrons. The molecule has 16 nitrogen and oxygen atoms in total. The first-order valence-corrected chi connectivity index (χ1v) is 74.0. The fraction of sp³-hybridized carbons (Fsp3) is 0.860. The van der Waals surface area contributed by atoms with Crippen LogP contribution in [0.25, 0.3) is 0 Å². The SMILES string of the molecule is CC(C)CN(CC(C)C)C(=S)SSC(=S)N(CC(C)C)CC(C)C.CCCCCN(CCCCC)C(=S)SSC(=S)N(CCCCC)CCCCC.CCCCN(CCCC)C(=S)SSC(=S)N(CCCC)CCCC.CCCN(CCC)C(=S)SSC(=S)N(CCC)CCC.CN(C)C(=S)SSC(=S)N(C)C.S=C(SSC(=S)N1CCCCC1)N1CCCCC1.S=C(SSC(=S)N1CCOCC1)N1CCOCC1. The Hall–Kier alpha value is 3.28. The van der Waals surface area contributed by atoms with Gasteiger partial charge in [0.15, 0.2) is 0 Å². The van der Waals surface area contributed by atoms with Gasteiger partial charge in [-0.1, -0.05) is 387 Å². The first-order valence-electron chi connectivity index (χ1n) is 53.3. The molecule has 4 rings (SSSR count). The van der Waals surface area contributed by atoms with Crippen molar-refractivity contribution in [2.75, 3.05) is 212 Å². The summed E-state index contributed by atoms with van der Waals surface area (Å²) in [5.41, 5.74) is 0. The van der Waals surface area contributed by atoms with Gasteiger partial charge in [-0.2, -0.15) is 0 Å². The van der Waals surface area contributed by atoms with Gasteiger partial charge >= 0.3 is 0 Å². The third-order valence-corrected chi connectivity index (χ3v) is 48.0. The van der Waals surface area contributed by atoms with Crippen molar-refractivity contribution in [3.05, 3.63) is 0 Å². The van der Waals surface area contributed by atoms with Crippen LogP contribution >= 0.6 is 322 Å². The van der Waals surface area contributed by atoms with Crippen LogP contribution in [0.15, 0.2) is 0 Å². The van der Waals surface area contributed by atoms with Crippen LogP contribution in [0.2, 0.25) is 0 Å². The van der Waals surface area contributed by atoms with Gasteiger partial charge < -0.3 is 78.1 Å². The molecule has 44 heteroatoms. The molecule has 4 aliphatic heterocycles. The highest BCUT2D eigenvalue weighted by atomic mass is 33.1. The highest BCUT2D eigenvalue weighted by molar-refractivity contribution is 8.92. The molecular formula is C100H192N14O2S28. The third kappa shape index (κ3) is 83.5. The topological polar surface area (TPSA) is 63.8 Å². The number of ether oxygens (including phenoxy) is 2. The van der Waals surface area contributed by atoms with Crippen molar-refractivity contribution < 1.29 is 9.47 Å². The van der Waals surface area contributed by atoms with E-state index in [-0.39, 0.29) is 0 Å². The fourth-order valence-corrected chi connectivity index (χ4v) is 32.4. The lowest BCUT2D eigenvalue weighted by Gasteiger charge is -2.30. The van der Waals surface area contributed by atoms with Crippen molar-refractivity contribution in [3.8, 4) is 0 Å². The van der Waals surface area contributed by atoms with Gasteiger partial charge in [0.2, 0.25) is 0 Å². The molecule has 144 heavy (non-hydrogen) atoms. The van der Waals surface area contributed by atoms with Crippen molar-refractivity contribution >= 4 is 383 Å². The summed E-state index contributed by atoms with van der Waals surface area (Å²) in [6, 6.07) is 0. The third-order valence-electron chi connectivity index (χ3n) is 21.4. The Balaban J connectivity index is -0.00000163. The lowest BCUT2D eigenvalue weighted by Crippen LogP contribution is -2.39. The predicted molar refractivity (Wildman–Crippen MR) is 736 cm³/mol. The van der Waals surface area contributed by atoms with Gasteiger partial charge in [-0.25, -0.2) is 0 Å². The average Bonchev–Trinajstić information content (AvgIpc) is 0.872. The van der Waals surface area contributed by atoms with Crippen molar-refractivity contribution in [3.63, 3.8) is 0 Å². The number of nitrogens with zero attached hydrogens (tertiary/aromatic N) is 14. The summed E-state index contributed by atoms with van der Waals surface area (Å²) in [7, 11) is 30.6. The zero-order valence-corrected chi connectivity index (χ0v) is 116. The summed E-state index contributed by atoms with van der Waals surface area (Å²) in [5, 5.41) is 0. The minimum absolute atomic E-state index is 0.609. The smallest absolute Gasteiger partial charge is 0.147 e. The van der Waals surface area contributed by atoms with E-state index >= 15 is 0 Å². The molecule has 0 aromatic heterocycles. The van der Waals surface area contributed by atoms with Crippen molar-refractivity contribution in [1.82, 2.24) is 68.6 Å². The summed E-state index contributed by atoms with van der Waals surface area (Å²) >= 11 is 77.3. The van der Waals surface area contributed by atoms with Crippen LogP contribution in [0.5, 0.6) is 0 Å². The number of thiocarbonyl (C=S) groups is 14. The van der Waals surface area contributed by atoms with E-state index in [1.807, 2.05) is 38.0 Å². The van der Waals surface area contributed by atoms with Crippen molar-refractivity contribution in [2.45, 2.75) is 331 Å². The molecule has 0 atom stereocenters. The second kappa shape index (κ2) is 103. The van der Waals surface area contributed by atoms with Crippen molar-refractivity contribution in [1.29, 1.82) is 0 Å². The van der Waals surface area contributed by atoms with Gasteiger partial charge in [-0.15, -0.1) is 0 Å². The Morgan fingerprint density at radius 3 is 0.542 bits per heavy atom. The summed E-state index contributed by atoms with van der Waals surface area (Å²) in [6.07, 6.45) is 37.1. The van der Waals surface area contributed by atoms with Gasteiger partial charge in [0, 0.05) is 185 Å². The molecule has 842 valence electrons. The summed E-state index contributed by atoms with van der Waals surface area (Å²) in [6.45, 7) is 72.7. The average molecular weight is 2520 g/mol. The minimum Gasteiger partial charge on any atom is -0.378 e. The van der Waals surface area contributed by atoms with Gasteiger partial charge in [-0.05, 0) is 290 Å². The molecule has 0 aliphatic carbocycles. The maximum atomic E-state index is 5.78. The number of unbranched alkanes of at least 4 members (excludes halogenated alkanes) is 12. The number of rotatable bonds is 44. The number of piperidine rings is 2. The van der Waals surface area contributed by atoms with E-state index in [9.17, 15) is 0 Å². The molecule has 4 aliphatic rings. The van der Waals surface area contributed by atoms with Gasteiger partial charge in [0.25, 0.3) is 0 Å². The first kappa shape index (κ1) is 151. The lowest BCUT2D eigenvalue weighted by molar-refractivity contribution is 0.0701. The Labute approximate surface area is 1010 Å². The molecule has 0 bridgehead atoms. The van der Waals surface area contributed by atoms with Crippen LogP contribution in [-0.4, -0.2) is 341 Å². The number of morpholine rings is 2. The quantitative estimate of drug-likeness (QED) is 0.0330. The van der Waals surface area contributed by atoms with E-state index in [0.29, 0.717) is 23.7 Å². The Morgan fingerprint density at radius 2 is 0.368 bits per heavy atom. The summed E-state index contributed by atoms with van der Waals surface area (Å²) in [5.74, 6) is 2.44. The molecule has 0 saturated carbocycles. The molecule has 4 saturated heterocycles. The van der Waals surface area contributed by atoms with E-state index in [2.05, 4.69) is 197 Å². The van der Waals surface area contributed by atoms with E-state index in [0.717, 1.165) is 270 Å². The van der Waals surface area contributed by atoms with E-state index in [4.69, 9.17) is 181 Å². The summed E-state index contributed by atoms with van der Waals surface area (Å²) in [4.78, 5) is 31.6. The fourth-order valence-electron chi connectivity index (χ4n) is 13.6. The van der Waals surface area contributed by atoms with Crippen LogP contribution in [0.4, 0.5) is 0 Å². The highest BCUT2D eigenvalue weighted by Crippen LogP contribution is 2.37. The maximum absolute atomic E-state index is 5.78. The lowest BCUT2D eigenvalue weighted by atomic mass is 10.1. The second-order valence-electron chi connectivity index (χ2n) is 37.5. The molecule has 4 fully saturated rings. The van der Waals surface area contributed by atoms with Crippen LogP contribution < -0.4 is 0 Å². The van der Waals surface area contributed by atoms with Crippen molar-refractivity contribution in [2.24, 2.45) is 23.7 Å². The van der Waals surface area contributed by atoms with Crippen LogP contribution in [0, 0.1) is 23.7 Å². The number of likely N-dealkylation sites (tertiary alicyclic amines) is 2. The normalized spacial score (nSPS) is 13.3. The molecule has 0 unspecified atom stereocenters. The standard InChI is InChI=1S/C22H44N2S4.2C18H36N2S4.C14H28N2S4.C12H20N2S4.C10H16N2O2S4.C6H12N2S4/c1-5-9-13-17-23(18-14-10-6-2)21(25)27-28-22(26)24(19-15-11-7-3)20-16-12-8-4;1-13(2)9-19(10-14(3)4)17(21)23-24-18(22)20(11-15(5)6)12-16(7)8;1-5-9-13-19(14-10-6-2)17(21)23-24-18(22)20(15-11-7-3)16-12-8-4;1-5-9-15(10-6-2)13(17)19-20-14(18)16(11-7-3)12-8-4;15-11(13-7-3-1-4-8-13)17-18-12(16)14-9-5-2-6-10-14;15-9(11-1-5-13-6-2-11)17-18-10(16)12-3-7-14-8-4-12;1-7(2)5(9)11-12-6(10)8(3)4/h5-20H2,1-4H3;13-16H,9-12H2,1-8H3;5-16H2,1-4H3;5-12H2,1-4H3;1-10H2;1-8H2;1-4H3. The van der Waals surface area contributed by atoms with E-state index in [1.54, 1.807) is 130 Å². The van der Waals surface area contributed by atoms with Crippen LogP contribution in [0.1, 0.15) is 331 Å².